The van der Waals surface area contributed by atoms with E-state index in [1.54, 1.807) is 30.5 Å². The smallest absolute Gasteiger partial charge is 0.373 e. The van der Waals surface area contributed by atoms with Gasteiger partial charge in [0.05, 0.1) is 16.8 Å². The minimum Gasteiger partial charge on any atom is -0.434 e. The normalized spacial score (nSPS) is 10.5. The Balaban J connectivity index is 1.71. The van der Waals surface area contributed by atoms with Gasteiger partial charge in [0.15, 0.2) is 0 Å². The number of fused-ring (bicyclic) bond motifs is 1. The van der Waals surface area contributed by atoms with Crippen LogP contribution in [0.2, 0.25) is 0 Å². The maximum Gasteiger partial charge on any atom is 0.373 e. The van der Waals surface area contributed by atoms with Gasteiger partial charge < -0.3 is 10.1 Å². The maximum atomic E-state index is 11.6. The lowest BCUT2D eigenvalue weighted by molar-refractivity contribution is -0.385. The van der Waals surface area contributed by atoms with Gasteiger partial charge >= 0.3 is 11.6 Å². The van der Waals surface area contributed by atoms with Crippen LogP contribution < -0.4 is 10.1 Å². The number of benzene rings is 2. The summed E-state index contributed by atoms with van der Waals surface area (Å²) in [6.07, 6.45) is 4.35. The van der Waals surface area contributed by atoms with Crippen molar-refractivity contribution in [3.63, 3.8) is 0 Å². The quantitative estimate of drug-likeness (QED) is 0.414. The zero-order valence-electron chi connectivity index (χ0n) is 13.9. The third-order valence-electron chi connectivity index (χ3n) is 3.83. The molecule has 0 bridgehead atoms. The van der Waals surface area contributed by atoms with Crippen LogP contribution in [0.5, 0.6) is 11.6 Å². The van der Waals surface area contributed by atoms with Gasteiger partial charge in [-0.3, -0.25) is 15.1 Å². The fraction of sp³-hybridized carbons (Fsp3) is 0. The summed E-state index contributed by atoms with van der Waals surface area (Å²) in [5.41, 5.74) is 0.213. The Kier molecular flexibility index (Phi) is 4.28. The Hall–Kier alpha value is -4.07. The molecule has 8 nitrogen and oxygen atoms in total. The Morgan fingerprint density at radius 2 is 1.85 bits per heavy atom. The predicted molar refractivity (Wildman–Crippen MR) is 100 cm³/mol. The lowest BCUT2D eigenvalue weighted by Gasteiger charge is -2.09. The lowest BCUT2D eigenvalue weighted by atomic mass is 10.1. The van der Waals surface area contributed by atoms with E-state index >= 15 is 0 Å². The second-order valence-corrected chi connectivity index (χ2v) is 5.61. The first kappa shape index (κ1) is 16.4. The van der Waals surface area contributed by atoms with Crippen molar-refractivity contribution in [3.05, 3.63) is 83.4 Å². The number of nitrogens with zero attached hydrogens (tertiary/aromatic N) is 4. The van der Waals surface area contributed by atoms with Crippen molar-refractivity contribution >= 4 is 28.0 Å². The molecule has 0 spiro atoms. The van der Waals surface area contributed by atoms with Crippen LogP contribution in [0, 0.1) is 10.1 Å². The maximum absolute atomic E-state index is 11.6. The minimum absolute atomic E-state index is 0.0267. The summed E-state index contributed by atoms with van der Waals surface area (Å²) in [5, 5.41) is 16.5. The number of hydrogen-bond acceptors (Lipinski definition) is 7. The average molecular weight is 359 g/mol. The number of hydrogen-bond donors (Lipinski definition) is 1. The highest BCUT2D eigenvalue weighted by atomic mass is 16.6. The van der Waals surface area contributed by atoms with Crippen LogP contribution in [0.25, 0.3) is 10.8 Å². The first-order chi connectivity index (χ1) is 13.2. The molecule has 0 aliphatic heterocycles. The monoisotopic (exact) mass is 359 g/mol. The number of anilines is 2. The summed E-state index contributed by atoms with van der Waals surface area (Å²) < 4.78 is 5.71. The molecular formula is C19H13N5O3. The van der Waals surface area contributed by atoms with Crippen molar-refractivity contribution in [2.45, 2.75) is 0 Å². The molecule has 27 heavy (non-hydrogen) atoms. The van der Waals surface area contributed by atoms with E-state index in [0.29, 0.717) is 11.4 Å². The first-order valence-corrected chi connectivity index (χ1v) is 8.04. The number of ether oxygens (including phenoxy) is 1. The Bertz CT molecular complexity index is 1120. The Morgan fingerprint density at radius 1 is 1.00 bits per heavy atom. The largest absolute Gasteiger partial charge is 0.434 e. The van der Waals surface area contributed by atoms with Crippen LogP contribution in [-0.2, 0) is 0 Å². The van der Waals surface area contributed by atoms with Gasteiger partial charge in [0.1, 0.15) is 12.1 Å². The summed E-state index contributed by atoms with van der Waals surface area (Å²) in [7, 11) is 0. The fourth-order valence-corrected chi connectivity index (χ4v) is 2.61. The van der Waals surface area contributed by atoms with E-state index in [-0.39, 0.29) is 17.4 Å². The molecule has 8 heteroatoms. The number of nitrogens with one attached hydrogen (secondary N) is 1. The van der Waals surface area contributed by atoms with Gasteiger partial charge in [-0.25, -0.2) is 4.98 Å². The molecule has 2 aromatic carbocycles. The molecule has 132 valence electrons. The molecule has 4 rings (SSSR count). The van der Waals surface area contributed by atoms with Crippen LogP contribution in [-0.4, -0.2) is 19.9 Å². The molecule has 0 saturated carbocycles. The van der Waals surface area contributed by atoms with Crippen LogP contribution >= 0.6 is 0 Å². The molecule has 2 heterocycles. The summed E-state index contributed by atoms with van der Waals surface area (Å²) in [5.74, 6) is 0.332. The summed E-state index contributed by atoms with van der Waals surface area (Å²) in [6, 6.07) is 16.6. The van der Waals surface area contributed by atoms with Gasteiger partial charge in [-0.15, -0.1) is 0 Å². The molecule has 0 amide bonds. The third kappa shape index (κ3) is 3.49. The minimum atomic E-state index is -0.574. The van der Waals surface area contributed by atoms with E-state index < -0.39 is 4.92 Å². The van der Waals surface area contributed by atoms with E-state index in [1.165, 1.54) is 12.5 Å². The van der Waals surface area contributed by atoms with Crippen molar-refractivity contribution in [1.82, 2.24) is 15.0 Å². The molecule has 1 N–H and O–H groups in total. The molecule has 0 unspecified atom stereocenters. The van der Waals surface area contributed by atoms with Crippen LogP contribution in [0.15, 0.2) is 73.3 Å². The van der Waals surface area contributed by atoms with Gasteiger partial charge in [0.25, 0.3) is 0 Å². The zero-order valence-corrected chi connectivity index (χ0v) is 13.9. The van der Waals surface area contributed by atoms with Gasteiger partial charge in [0, 0.05) is 6.20 Å². The number of pyridine rings is 1. The van der Waals surface area contributed by atoms with Gasteiger partial charge in [-0.2, -0.15) is 4.98 Å². The molecular weight excluding hydrogens is 346 g/mol. The van der Waals surface area contributed by atoms with Crippen LogP contribution in [0.3, 0.4) is 0 Å². The van der Waals surface area contributed by atoms with Crippen LogP contribution in [0.1, 0.15) is 0 Å². The summed E-state index contributed by atoms with van der Waals surface area (Å²) in [6.45, 7) is 0. The van der Waals surface area contributed by atoms with Gasteiger partial charge in [-0.05, 0) is 35.0 Å². The Labute approximate surface area is 153 Å². The summed E-state index contributed by atoms with van der Waals surface area (Å²) in [4.78, 5) is 22.9. The second-order valence-electron chi connectivity index (χ2n) is 5.61. The predicted octanol–water partition coefficient (Wildman–Crippen LogP) is 4.47. The van der Waals surface area contributed by atoms with Crippen molar-refractivity contribution in [3.8, 4) is 11.6 Å². The number of nitro groups is 1. The summed E-state index contributed by atoms with van der Waals surface area (Å²) >= 11 is 0. The number of aromatic nitrogens is 3. The Morgan fingerprint density at radius 3 is 2.63 bits per heavy atom. The van der Waals surface area contributed by atoms with Crippen LogP contribution in [0.4, 0.5) is 17.2 Å². The molecule has 0 radical (unpaired) electrons. The highest BCUT2D eigenvalue weighted by Gasteiger charge is 2.25. The zero-order chi connectivity index (χ0) is 18.6. The van der Waals surface area contributed by atoms with E-state index in [1.807, 2.05) is 30.3 Å². The topological polar surface area (TPSA) is 103 Å². The SMILES string of the molecule is O=[N+]([O-])c1c(Nc2cccnc2)ncnc1Oc1ccc2ccccc2c1. The third-order valence-corrected chi connectivity index (χ3v) is 3.83. The van der Waals surface area contributed by atoms with E-state index in [4.69, 9.17) is 4.74 Å². The molecule has 4 aromatic rings. The molecule has 0 aliphatic carbocycles. The first-order valence-electron chi connectivity index (χ1n) is 8.04. The van der Waals surface area contributed by atoms with E-state index in [9.17, 15) is 10.1 Å². The lowest BCUT2D eigenvalue weighted by Crippen LogP contribution is -2.03. The van der Waals surface area contributed by atoms with E-state index in [0.717, 1.165) is 10.8 Å². The second kappa shape index (κ2) is 7.04. The van der Waals surface area contributed by atoms with Crippen molar-refractivity contribution in [1.29, 1.82) is 0 Å². The number of rotatable bonds is 5. The standard InChI is InChI=1S/C19H13N5O3/c25-24(26)17-18(23-15-6-3-9-20-11-15)21-12-22-19(17)27-16-8-7-13-4-1-2-5-14(13)10-16/h1-12H,(H,21,22,23). The molecule has 0 aliphatic rings. The van der Waals surface area contributed by atoms with Crippen molar-refractivity contribution < 1.29 is 9.66 Å². The molecule has 0 fully saturated rings. The molecule has 0 saturated heterocycles. The van der Waals surface area contributed by atoms with Crippen molar-refractivity contribution in [2.75, 3.05) is 5.32 Å². The van der Waals surface area contributed by atoms with Crippen molar-refractivity contribution in [2.24, 2.45) is 0 Å². The molecule has 0 atom stereocenters. The fourth-order valence-electron chi connectivity index (χ4n) is 2.61. The highest BCUT2D eigenvalue weighted by Crippen LogP contribution is 2.35. The van der Waals surface area contributed by atoms with Gasteiger partial charge in [0.2, 0.25) is 5.82 Å². The van der Waals surface area contributed by atoms with Gasteiger partial charge in [-0.1, -0.05) is 30.3 Å². The molecule has 2 aromatic heterocycles. The highest BCUT2D eigenvalue weighted by molar-refractivity contribution is 5.83. The average Bonchev–Trinajstić information content (AvgIpc) is 2.68. The van der Waals surface area contributed by atoms with E-state index in [2.05, 4.69) is 20.3 Å².